The van der Waals surface area contributed by atoms with Gasteiger partial charge in [-0.05, 0) is 24.3 Å². The van der Waals surface area contributed by atoms with E-state index in [1.54, 1.807) is 32.5 Å². The fourth-order valence-corrected chi connectivity index (χ4v) is 3.17. The molecular weight excluding hydrogens is 424 g/mol. The molecule has 0 saturated heterocycles. The standard InChI is InChI=1S/C24H28N4O5/c1-31-15-14-28(13-10-23(29)26-12-9-19-7-3-4-11-25-19)24(30)21-17-22(33-27-21)18-6-5-8-20(16-18)32-2/h3-8,11,16-17H,9-10,12-15H2,1-2H3,(H,26,29). The van der Waals surface area contributed by atoms with Gasteiger partial charge in [-0.25, -0.2) is 0 Å². The van der Waals surface area contributed by atoms with Gasteiger partial charge in [-0.15, -0.1) is 0 Å². The second-order valence-corrected chi connectivity index (χ2v) is 7.26. The summed E-state index contributed by atoms with van der Waals surface area (Å²) >= 11 is 0. The zero-order valence-electron chi connectivity index (χ0n) is 18.8. The summed E-state index contributed by atoms with van der Waals surface area (Å²) in [5.41, 5.74) is 1.82. The lowest BCUT2D eigenvalue weighted by Crippen LogP contribution is -2.37. The lowest BCUT2D eigenvalue weighted by molar-refractivity contribution is -0.121. The average Bonchev–Trinajstić information content (AvgIpc) is 3.35. The molecule has 1 aromatic carbocycles. The molecule has 0 aliphatic heterocycles. The summed E-state index contributed by atoms with van der Waals surface area (Å²) in [4.78, 5) is 31.1. The first-order valence-electron chi connectivity index (χ1n) is 10.7. The molecule has 0 unspecified atom stereocenters. The molecular formula is C24H28N4O5. The molecule has 2 amide bonds. The molecule has 9 nitrogen and oxygen atoms in total. The van der Waals surface area contributed by atoms with Gasteiger partial charge < -0.3 is 24.2 Å². The molecule has 2 heterocycles. The van der Waals surface area contributed by atoms with Gasteiger partial charge in [0.2, 0.25) is 5.91 Å². The number of methoxy groups -OCH3 is 2. The van der Waals surface area contributed by atoms with Crippen LogP contribution in [-0.2, 0) is 16.0 Å². The summed E-state index contributed by atoms with van der Waals surface area (Å²) < 4.78 is 15.7. The molecule has 174 valence electrons. The van der Waals surface area contributed by atoms with Crippen LogP contribution in [0.3, 0.4) is 0 Å². The number of aromatic nitrogens is 2. The van der Waals surface area contributed by atoms with E-state index in [0.717, 1.165) is 11.3 Å². The van der Waals surface area contributed by atoms with Crippen molar-refractivity contribution in [2.24, 2.45) is 0 Å². The van der Waals surface area contributed by atoms with Crippen LogP contribution >= 0.6 is 0 Å². The zero-order valence-corrected chi connectivity index (χ0v) is 18.8. The third kappa shape index (κ3) is 7.15. The molecule has 0 spiro atoms. The van der Waals surface area contributed by atoms with Crippen molar-refractivity contribution >= 4 is 11.8 Å². The highest BCUT2D eigenvalue weighted by Crippen LogP contribution is 2.24. The minimum absolute atomic E-state index is 0.140. The van der Waals surface area contributed by atoms with E-state index in [9.17, 15) is 9.59 Å². The first-order chi connectivity index (χ1) is 16.1. The number of carbonyl (C=O) groups is 2. The van der Waals surface area contributed by atoms with Crippen molar-refractivity contribution in [3.05, 3.63) is 66.1 Å². The van der Waals surface area contributed by atoms with E-state index in [1.807, 2.05) is 36.4 Å². The summed E-state index contributed by atoms with van der Waals surface area (Å²) in [5, 5.41) is 6.80. The van der Waals surface area contributed by atoms with Gasteiger partial charge in [0.25, 0.3) is 5.91 Å². The quantitative estimate of drug-likeness (QED) is 0.450. The van der Waals surface area contributed by atoms with Crippen LogP contribution in [0.4, 0.5) is 0 Å². The van der Waals surface area contributed by atoms with Crippen LogP contribution in [0.25, 0.3) is 11.3 Å². The van der Waals surface area contributed by atoms with Gasteiger partial charge in [0.05, 0.1) is 13.7 Å². The maximum atomic E-state index is 13.0. The molecule has 1 N–H and O–H groups in total. The van der Waals surface area contributed by atoms with Crippen LogP contribution in [-0.4, -0.2) is 67.3 Å². The van der Waals surface area contributed by atoms with Gasteiger partial charge in [-0.3, -0.25) is 14.6 Å². The molecule has 33 heavy (non-hydrogen) atoms. The molecule has 3 rings (SSSR count). The molecule has 0 aliphatic rings. The Morgan fingerprint density at radius 1 is 1.09 bits per heavy atom. The fourth-order valence-electron chi connectivity index (χ4n) is 3.17. The van der Waals surface area contributed by atoms with Gasteiger partial charge >= 0.3 is 0 Å². The Labute approximate surface area is 192 Å². The zero-order chi connectivity index (χ0) is 23.5. The molecule has 9 heteroatoms. The number of pyridine rings is 1. The topological polar surface area (TPSA) is 107 Å². The fraction of sp³-hybridized carbons (Fsp3) is 0.333. The third-order valence-electron chi connectivity index (χ3n) is 4.97. The second kappa shape index (κ2) is 12.4. The van der Waals surface area contributed by atoms with E-state index >= 15 is 0 Å². The first kappa shape index (κ1) is 23.9. The number of hydrogen-bond acceptors (Lipinski definition) is 7. The average molecular weight is 453 g/mol. The number of amides is 2. The van der Waals surface area contributed by atoms with Crippen molar-refractivity contribution < 1.29 is 23.6 Å². The third-order valence-corrected chi connectivity index (χ3v) is 4.97. The van der Waals surface area contributed by atoms with Crippen molar-refractivity contribution in [1.82, 2.24) is 20.4 Å². The maximum absolute atomic E-state index is 13.0. The minimum Gasteiger partial charge on any atom is -0.497 e. The number of rotatable bonds is 12. The van der Waals surface area contributed by atoms with Crippen molar-refractivity contribution in [3.63, 3.8) is 0 Å². The highest BCUT2D eigenvalue weighted by atomic mass is 16.5. The van der Waals surface area contributed by atoms with Crippen molar-refractivity contribution in [2.45, 2.75) is 12.8 Å². The number of nitrogens with one attached hydrogen (secondary N) is 1. The molecule has 0 radical (unpaired) electrons. The number of benzene rings is 1. The number of hydrogen-bond donors (Lipinski definition) is 1. The summed E-state index contributed by atoms with van der Waals surface area (Å²) in [7, 11) is 3.14. The molecule has 2 aromatic heterocycles. The van der Waals surface area contributed by atoms with E-state index < -0.39 is 0 Å². The van der Waals surface area contributed by atoms with E-state index in [1.165, 1.54) is 4.90 Å². The molecule has 0 bridgehead atoms. The second-order valence-electron chi connectivity index (χ2n) is 7.26. The molecule has 3 aromatic rings. The van der Waals surface area contributed by atoms with E-state index in [2.05, 4.69) is 15.5 Å². The summed E-state index contributed by atoms with van der Waals surface area (Å²) in [6.07, 6.45) is 2.53. The van der Waals surface area contributed by atoms with Crippen molar-refractivity contribution in [3.8, 4) is 17.1 Å². The Kier molecular flexibility index (Phi) is 8.96. The van der Waals surface area contributed by atoms with E-state index in [4.69, 9.17) is 14.0 Å². The Morgan fingerprint density at radius 2 is 1.97 bits per heavy atom. The van der Waals surface area contributed by atoms with Crippen LogP contribution in [0.1, 0.15) is 22.6 Å². The predicted octanol–water partition coefficient (Wildman–Crippen LogP) is 2.58. The Hall–Kier alpha value is -3.72. The van der Waals surface area contributed by atoms with Gasteiger partial charge in [-0.1, -0.05) is 23.4 Å². The van der Waals surface area contributed by atoms with Gasteiger partial charge in [0.15, 0.2) is 11.5 Å². The van der Waals surface area contributed by atoms with Gasteiger partial charge in [0, 0.05) is 63.1 Å². The molecule has 0 fully saturated rings. The number of carbonyl (C=O) groups excluding carboxylic acids is 2. The Bertz CT molecular complexity index is 1040. The summed E-state index contributed by atoms with van der Waals surface area (Å²) in [6, 6.07) is 14.5. The van der Waals surface area contributed by atoms with E-state index in [0.29, 0.717) is 37.6 Å². The van der Waals surface area contributed by atoms with Crippen LogP contribution in [0.5, 0.6) is 5.75 Å². The highest BCUT2D eigenvalue weighted by molar-refractivity contribution is 5.93. The lowest BCUT2D eigenvalue weighted by atomic mass is 10.1. The SMILES string of the molecule is COCCN(CCC(=O)NCCc1ccccn1)C(=O)c1cc(-c2cccc(OC)c2)on1. The smallest absolute Gasteiger partial charge is 0.276 e. The molecule has 0 saturated carbocycles. The minimum atomic E-state index is -0.328. The van der Waals surface area contributed by atoms with Crippen LogP contribution in [0.2, 0.25) is 0 Å². The normalized spacial score (nSPS) is 10.6. The Morgan fingerprint density at radius 3 is 2.73 bits per heavy atom. The lowest BCUT2D eigenvalue weighted by Gasteiger charge is -2.21. The monoisotopic (exact) mass is 452 g/mol. The van der Waals surface area contributed by atoms with Crippen LogP contribution < -0.4 is 10.1 Å². The van der Waals surface area contributed by atoms with Gasteiger partial charge in [0.1, 0.15) is 5.75 Å². The predicted molar refractivity (Wildman–Crippen MR) is 122 cm³/mol. The van der Waals surface area contributed by atoms with E-state index in [-0.39, 0.29) is 30.5 Å². The summed E-state index contributed by atoms with van der Waals surface area (Å²) in [6.45, 7) is 1.39. The van der Waals surface area contributed by atoms with Crippen LogP contribution in [0, 0.1) is 0 Å². The highest BCUT2D eigenvalue weighted by Gasteiger charge is 2.21. The number of ether oxygens (including phenoxy) is 2. The van der Waals surface area contributed by atoms with Gasteiger partial charge in [-0.2, -0.15) is 0 Å². The number of nitrogens with zero attached hydrogens (tertiary/aromatic N) is 3. The first-order valence-corrected chi connectivity index (χ1v) is 10.7. The van der Waals surface area contributed by atoms with Crippen LogP contribution in [0.15, 0.2) is 59.3 Å². The summed E-state index contributed by atoms with van der Waals surface area (Å²) in [5.74, 6) is 0.661. The largest absolute Gasteiger partial charge is 0.497 e. The molecule has 0 atom stereocenters. The van der Waals surface area contributed by atoms with Crippen molar-refractivity contribution in [1.29, 1.82) is 0 Å². The van der Waals surface area contributed by atoms with Crippen molar-refractivity contribution in [2.75, 3.05) is 40.5 Å². The Balaban J connectivity index is 1.57. The molecule has 0 aliphatic carbocycles. The maximum Gasteiger partial charge on any atom is 0.276 e.